The lowest BCUT2D eigenvalue weighted by molar-refractivity contribution is -0.122. The first-order valence-corrected chi connectivity index (χ1v) is 8.41. The van der Waals surface area contributed by atoms with E-state index >= 15 is 0 Å². The molecule has 4 nitrogen and oxygen atoms in total. The molecule has 3 aliphatic rings. The molecule has 2 aliphatic heterocycles. The summed E-state index contributed by atoms with van der Waals surface area (Å²) in [6, 6.07) is 1.30. The number of aliphatic hydroxyl groups is 1. The summed E-state index contributed by atoms with van der Waals surface area (Å²) in [5.41, 5.74) is 0. The fourth-order valence-corrected chi connectivity index (χ4v) is 4.40. The summed E-state index contributed by atoms with van der Waals surface area (Å²) >= 11 is 0. The summed E-state index contributed by atoms with van der Waals surface area (Å²) in [7, 11) is 0. The number of carbonyl (C=O) groups is 1. The van der Waals surface area contributed by atoms with E-state index in [9.17, 15) is 9.90 Å². The van der Waals surface area contributed by atoms with Crippen molar-refractivity contribution >= 4 is 18.3 Å². The van der Waals surface area contributed by atoms with Gasteiger partial charge in [0.2, 0.25) is 5.91 Å². The highest BCUT2D eigenvalue weighted by molar-refractivity contribution is 5.85. The van der Waals surface area contributed by atoms with Gasteiger partial charge in [-0.1, -0.05) is 12.8 Å². The van der Waals surface area contributed by atoms with Crippen molar-refractivity contribution in [2.45, 2.75) is 76.0 Å². The van der Waals surface area contributed by atoms with Crippen molar-refractivity contribution in [3.63, 3.8) is 0 Å². The molecule has 122 valence electrons. The van der Waals surface area contributed by atoms with Gasteiger partial charge >= 0.3 is 0 Å². The molecule has 3 fully saturated rings. The first-order valence-electron chi connectivity index (χ1n) is 8.41. The topological polar surface area (TPSA) is 61.4 Å². The van der Waals surface area contributed by atoms with Crippen LogP contribution in [-0.4, -0.2) is 35.7 Å². The molecular formula is C16H29ClN2O2. The number of rotatable bonds is 5. The van der Waals surface area contributed by atoms with Gasteiger partial charge in [0, 0.05) is 25.0 Å². The van der Waals surface area contributed by atoms with Crippen LogP contribution in [-0.2, 0) is 4.79 Å². The maximum atomic E-state index is 12.0. The molecule has 1 aliphatic carbocycles. The highest BCUT2D eigenvalue weighted by Gasteiger charge is 2.34. The number of amides is 1. The Morgan fingerprint density at radius 3 is 2.38 bits per heavy atom. The molecule has 21 heavy (non-hydrogen) atoms. The lowest BCUT2D eigenvalue weighted by Gasteiger charge is -2.28. The zero-order chi connectivity index (χ0) is 13.9. The van der Waals surface area contributed by atoms with Crippen molar-refractivity contribution in [3.8, 4) is 0 Å². The molecule has 0 spiro atoms. The molecule has 3 unspecified atom stereocenters. The minimum absolute atomic E-state index is 0. The van der Waals surface area contributed by atoms with Crippen LogP contribution in [0.1, 0.15) is 57.8 Å². The largest absolute Gasteiger partial charge is 0.391 e. The van der Waals surface area contributed by atoms with E-state index in [0.29, 0.717) is 36.9 Å². The summed E-state index contributed by atoms with van der Waals surface area (Å²) in [5, 5.41) is 16.6. The van der Waals surface area contributed by atoms with E-state index in [1.807, 2.05) is 0 Å². The highest BCUT2D eigenvalue weighted by atomic mass is 35.5. The molecule has 5 heteroatoms. The minimum Gasteiger partial charge on any atom is -0.391 e. The van der Waals surface area contributed by atoms with E-state index in [4.69, 9.17) is 0 Å². The van der Waals surface area contributed by atoms with Gasteiger partial charge in [-0.3, -0.25) is 4.79 Å². The zero-order valence-electron chi connectivity index (χ0n) is 12.7. The van der Waals surface area contributed by atoms with Crippen molar-refractivity contribution in [2.24, 2.45) is 11.8 Å². The minimum atomic E-state index is -0.342. The van der Waals surface area contributed by atoms with E-state index in [0.717, 1.165) is 25.7 Å². The quantitative estimate of drug-likeness (QED) is 0.727. The Bertz CT molecular complexity index is 335. The molecule has 1 amide bonds. The van der Waals surface area contributed by atoms with Gasteiger partial charge in [0.1, 0.15) is 0 Å². The van der Waals surface area contributed by atoms with E-state index in [2.05, 4.69) is 10.6 Å². The molecule has 1 saturated carbocycles. The molecule has 2 bridgehead atoms. The fourth-order valence-electron chi connectivity index (χ4n) is 4.40. The van der Waals surface area contributed by atoms with Gasteiger partial charge in [-0.2, -0.15) is 0 Å². The zero-order valence-corrected chi connectivity index (χ0v) is 13.5. The lowest BCUT2D eigenvalue weighted by Crippen LogP contribution is -2.41. The van der Waals surface area contributed by atoms with Crippen LogP contribution in [0.3, 0.4) is 0 Å². The Morgan fingerprint density at radius 1 is 1.14 bits per heavy atom. The van der Waals surface area contributed by atoms with Crippen molar-refractivity contribution < 1.29 is 9.90 Å². The smallest absolute Gasteiger partial charge is 0.220 e. The fraction of sp³-hybridized carbons (Fsp3) is 0.938. The van der Waals surface area contributed by atoms with Gasteiger partial charge in [0.05, 0.1) is 6.10 Å². The van der Waals surface area contributed by atoms with E-state index in [1.165, 1.54) is 25.7 Å². The summed E-state index contributed by atoms with van der Waals surface area (Å²) < 4.78 is 0. The predicted molar refractivity (Wildman–Crippen MR) is 85.5 cm³/mol. The van der Waals surface area contributed by atoms with Crippen molar-refractivity contribution in [3.05, 3.63) is 0 Å². The predicted octanol–water partition coefficient (Wildman–Crippen LogP) is 2.00. The number of fused-ring (bicyclic) bond motifs is 2. The molecule has 0 aromatic carbocycles. The summed E-state index contributed by atoms with van der Waals surface area (Å²) in [5.74, 6) is 1.08. The molecule has 3 N–H and O–H groups in total. The van der Waals surface area contributed by atoms with Gasteiger partial charge in [-0.15, -0.1) is 12.4 Å². The van der Waals surface area contributed by atoms with E-state index in [1.54, 1.807) is 0 Å². The summed E-state index contributed by atoms with van der Waals surface area (Å²) in [6.07, 6.45) is 9.86. The van der Waals surface area contributed by atoms with Crippen LogP contribution >= 0.6 is 12.4 Å². The average molecular weight is 317 g/mol. The number of piperidine rings is 1. The molecular weight excluding hydrogens is 288 g/mol. The van der Waals surface area contributed by atoms with Crippen LogP contribution in [0.2, 0.25) is 0 Å². The number of aliphatic hydroxyl groups excluding tert-OH is 1. The van der Waals surface area contributed by atoms with E-state index in [-0.39, 0.29) is 24.4 Å². The summed E-state index contributed by atoms with van der Waals surface area (Å²) in [4.78, 5) is 12.0. The molecule has 3 atom stereocenters. The Kier molecular flexibility index (Phi) is 6.33. The maximum absolute atomic E-state index is 12.0. The molecule has 0 radical (unpaired) electrons. The van der Waals surface area contributed by atoms with Crippen LogP contribution in [0.5, 0.6) is 0 Å². The Labute approximate surface area is 133 Å². The van der Waals surface area contributed by atoms with Crippen LogP contribution in [0, 0.1) is 11.8 Å². The number of halogens is 1. The maximum Gasteiger partial charge on any atom is 0.220 e. The molecule has 2 saturated heterocycles. The highest BCUT2D eigenvalue weighted by Crippen LogP contribution is 2.32. The second-order valence-corrected chi connectivity index (χ2v) is 7.10. The molecule has 2 heterocycles. The second kappa shape index (κ2) is 7.80. The second-order valence-electron chi connectivity index (χ2n) is 7.10. The van der Waals surface area contributed by atoms with Gasteiger partial charge in [0.15, 0.2) is 0 Å². The first kappa shape index (κ1) is 17.0. The molecule has 3 rings (SSSR count). The molecule has 0 aromatic rings. The first-order chi connectivity index (χ1) is 9.70. The number of nitrogens with one attached hydrogen (secondary N) is 2. The van der Waals surface area contributed by atoms with Crippen LogP contribution < -0.4 is 10.6 Å². The van der Waals surface area contributed by atoms with Crippen molar-refractivity contribution in [2.75, 3.05) is 6.54 Å². The Hall–Kier alpha value is -0.320. The molecule has 0 aromatic heterocycles. The SMILES string of the molecule is Cl.O=C(CC1CC2CCC(C1)N2)NCC(O)C1CCCC1. The van der Waals surface area contributed by atoms with Gasteiger partial charge < -0.3 is 15.7 Å². The normalized spacial score (nSPS) is 33.5. The third kappa shape index (κ3) is 4.57. The number of hydrogen-bond acceptors (Lipinski definition) is 3. The van der Waals surface area contributed by atoms with Crippen molar-refractivity contribution in [1.82, 2.24) is 10.6 Å². The standard InChI is InChI=1S/C16H28N2O2.ClH/c19-15(12-3-1-2-4-12)10-17-16(20)9-11-7-13-5-6-14(8-11)18-13;/h11-15,18-19H,1-10H2,(H,17,20);1H. The van der Waals surface area contributed by atoms with Crippen molar-refractivity contribution in [1.29, 1.82) is 0 Å². The third-order valence-electron chi connectivity index (χ3n) is 5.50. The van der Waals surface area contributed by atoms with Crippen LogP contribution in [0.25, 0.3) is 0 Å². The third-order valence-corrected chi connectivity index (χ3v) is 5.50. The Morgan fingerprint density at radius 2 is 1.76 bits per heavy atom. The number of hydrogen-bond donors (Lipinski definition) is 3. The Balaban J connectivity index is 0.00000161. The van der Waals surface area contributed by atoms with E-state index < -0.39 is 0 Å². The number of carbonyl (C=O) groups excluding carboxylic acids is 1. The van der Waals surface area contributed by atoms with Gasteiger partial charge in [0.25, 0.3) is 0 Å². The lowest BCUT2D eigenvalue weighted by atomic mass is 9.89. The summed E-state index contributed by atoms with van der Waals surface area (Å²) in [6.45, 7) is 0.446. The monoisotopic (exact) mass is 316 g/mol. The van der Waals surface area contributed by atoms with Crippen LogP contribution in [0.4, 0.5) is 0 Å². The van der Waals surface area contributed by atoms with Gasteiger partial charge in [-0.05, 0) is 50.4 Å². The van der Waals surface area contributed by atoms with Gasteiger partial charge in [-0.25, -0.2) is 0 Å². The van der Waals surface area contributed by atoms with Crippen LogP contribution in [0.15, 0.2) is 0 Å². The average Bonchev–Trinajstić information content (AvgIpc) is 3.06.